The first-order valence-corrected chi connectivity index (χ1v) is 9.84. The maximum absolute atomic E-state index is 5.43. The van der Waals surface area contributed by atoms with Crippen molar-refractivity contribution in [2.75, 3.05) is 39.4 Å². The number of benzene rings is 1. The molecule has 0 atom stereocenters. The van der Waals surface area contributed by atoms with E-state index in [1.165, 1.54) is 11.1 Å². The molecule has 0 spiro atoms. The van der Waals surface area contributed by atoms with Gasteiger partial charge in [-0.2, -0.15) is 0 Å². The van der Waals surface area contributed by atoms with Crippen LogP contribution in [0.15, 0.2) is 53.8 Å². The van der Waals surface area contributed by atoms with Gasteiger partial charge in [-0.3, -0.25) is 4.90 Å². The number of nitrogens with one attached hydrogen (secondary N) is 2. The number of morpholine rings is 1. The summed E-state index contributed by atoms with van der Waals surface area (Å²) in [5, 5.41) is 6.73. The molecular weight excluding hydrogens is 338 g/mol. The van der Waals surface area contributed by atoms with Crippen molar-refractivity contribution in [1.29, 1.82) is 0 Å². The molecule has 1 saturated heterocycles. The molecule has 1 aromatic heterocycles. The summed E-state index contributed by atoms with van der Waals surface area (Å²) in [7, 11) is 0. The average molecular weight is 370 g/mol. The molecule has 2 heterocycles. The minimum atomic E-state index is 0.676. The second-order valence-corrected chi connectivity index (χ2v) is 6.75. The number of rotatable bonds is 8. The van der Waals surface area contributed by atoms with Crippen LogP contribution >= 0.6 is 0 Å². The SMILES string of the molecule is CCNC(=NCc1cccc(CN2CCOCC2)c1)NCCn1cccc1. The lowest BCUT2D eigenvalue weighted by molar-refractivity contribution is 0.0342. The van der Waals surface area contributed by atoms with Crippen molar-refractivity contribution < 1.29 is 4.74 Å². The van der Waals surface area contributed by atoms with Gasteiger partial charge in [0.25, 0.3) is 0 Å². The average Bonchev–Trinajstić information content (AvgIpc) is 3.21. The molecule has 2 N–H and O–H groups in total. The van der Waals surface area contributed by atoms with Crippen LogP contribution in [0.3, 0.4) is 0 Å². The van der Waals surface area contributed by atoms with Crippen molar-refractivity contribution in [3.8, 4) is 0 Å². The minimum absolute atomic E-state index is 0.676. The van der Waals surface area contributed by atoms with Gasteiger partial charge in [0.2, 0.25) is 0 Å². The predicted molar refractivity (Wildman–Crippen MR) is 110 cm³/mol. The normalized spacial score (nSPS) is 15.7. The van der Waals surface area contributed by atoms with E-state index in [1.807, 2.05) is 12.1 Å². The van der Waals surface area contributed by atoms with Gasteiger partial charge in [0, 0.05) is 51.7 Å². The quantitative estimate of drug-likeness (QED) is 0.553. The van der Waals surface area contributed by atoms with E-state index in [1.54, 1.807) is 0 Å². The molecule has 0 aliphatic carbocycles. The molecule has 0 amide bonds. The summed E-state index contributed by atoms with van der Waals surface area (Å²) in [6.45, 7) is 10.1. The van der Waals surface area contributed by atoms with Crippen LogP contribution in [0.2, 0.25) is 0 Å². The summed E-state index contributed by atoms with van der Waals surface area (Å²) in [4.78, 5) is 7.19. The Labute approximate surface area is 162 Å². The highest BCUT2D eigenvalue weighted by Crippen LogP contribution is 2.11. The van der Waals surface area contributed by atoms with Crippen molar-refractivity contribution in [3.05, 3.63) is 59.9 Å². The lowest BCUT2D eigenvalue weighted by Crippen LogP contribution is -2.38. The molecule has 0 saturated carbocycles. The zero-order chi connectivity index (χ0) is 18.7. The molecule has 2 aromatic rings. The van der Waals surface area contributed by atoms with E-state index < -0.39 is 0 Å². The van der Waals surface area contributed by atoms with Crippen LogP contribution in [-0.4, -0.2) is 54.8 Å². The van der Waals surface area contributed by atoms with Gasteiger partial charge in [-0.25, -0.2) is 4.99 Å². The Hall–Kier alpha value is -2.31. The molecule has 0 radical (unpaired) electrons. The van der Waals surface area contributed by atoms with Gasteiger partial charge in [-0.15, -0.1) is 0 Å². The van der Waals surface area contributed by atoms with Gasteiger partial charge in [0.1, 0.15) is 0 Å². The first-order valence-electron chi connectivity index (χ1n) is 9.84. The van der Waals surface area contributed by atoms with Gasteiger partial charge < -0.3 is 19.9 Å². The summed E-state index contributed by atoms with van der Waals surface area (Å²) < 4.78 is 7.59. The fraction of sp³-hybridized carbons (Fsp3) is 0.476. The standard InChI is InChI=1S/C21H31N5O/c1-2-22-21(23-8-11-25-9-3-4-10-25)24-17-19-6-5-7-20(16-19)18-26-12-14-27-15-13-26/h3-7,9-10,16H,2,8,11-15,17-18H2,1H3,(H2,22,23,24). The minimum Gasteiger partial charge on any atom is -0.379 e. The van der Waals surface area contributed by atoms with Gasteiger partial charge >= 0.3 is 0 Å². The highest BCUT2D eigenvalue weighted by molar-refractivity contribution is 5.79. The van der Waals surface area contributed by atoms with Crippen molar-refractivity contribution in [2.24, 2.45) is 4.99 Å². The van der Waals surface area contributed by atoms with Gasteiger partial charge in [-0.1, -0.05) is 24.3 Å². The maximum Gasteiger partial charge on any atom is 0.191 e. The highest BCUT2D eigenvalue weighted by Gasteiger charge is 2.10. The fourth-order valence-corrected chi connectivity index (χ4v) is 3.18. The van der Waals surface area contributed by atoms with E-state index in [0.29, 0.717) is 6.54 Å². The lowest BCUT2D eigenvalue weighted by Gasteiger charge is -2.26. The Morgan fingerprint density at radius 1 is 1.07 bits per heavy atom. The van der Waals surface area contributed by atoms with E-state index in [4.69, 9.17) is 9.73 Å². The number of aromatic nitrogens is 1. The summed E-state index contributed by atoms with van der Waals surface area (Å²) in [6, 6.07) is 12.8. The fourth-order valence-electron chi connectivity index (χ4n) is 3.18. The van der Waals surface area contributed by atoms with E-state index in [-0.39, 0.29) is 0 Å². The van der Waals surface area contributed by atoms with Crippen LogP contribution in [0.5, 0.6) is 0 Å². The summed E-state index contributed by atoms with van der Waals surface area (Å²) in [5.41, 5.74) is 2.58. The monoisotopic (exact) mass is 369 g/mol. The highest BCUT2D eigenvalue weighted by atomic mass is 16.5. The molecule has 1 aliphatic heterocycles. The third kappa shape index (κ3) is 6.73. The third-order valence-corrected chi connectivity index (χ3v) is 4.59. The van der Waals surface area contributed by atoms with Gasteiger partial charge in [0.05, 0.1) is 19.8 Å². The number of ether oxygens (including phenoxy) is 1. The zero-order valence-corrected chi connectivity index (χ0v) is 16.2. The first-order chi connectivity index (χ1) is 13.3. The molecule has 6 heteroatoms. The Morgan fingerprint density at radius 2 is 1.85 bits per heavy atom. The van der Waals surface area contributed by atoms with Crippen molar-refractivity contribution >= 4 is 5.96 Å². The molecular formula is C21H31N5O. The van der Waals surface area contributed by atoms with Gasteiger partial charge in [-0.05, 0) is 30.2 Å². The summed E-state index contributed by atoms with van der Waals surface area (Å²) in [5.74, 6) is 0.864. The van der Waals surface area contributed by atoms with Crippen LogP contribution in [0.25, 0.3) is 0 Å². The maximum atomic E-state index is 5.43. The van der Waals surface area contributed by atoms with Crippen LogP contribution < -0.4 is 10.6 Å². The Kier molecular flexibility index (Phi) is 7.74. The molecule has 6 nitrogen and oxygen atoms in total. The van der Waals surface area contributed by atoms with E-state index in [2.05, 4.69) is 63.7 Å². The number of guanidine groups is 1. The topological polar surface area (TPSA) is 53.8 Å². The molecule has 1 aromatic carbocycles. The zero-order valence-electron chi connectivity index (χ0n) is 16.2. The number of hydrogen-bond acceptors (Lipinski definition) is 3. The van der Waals surface area contributed by atoms with E-state index in [9.17, 15) is 0 Å². The second kappa shape index (κ2) is 10.7. The van der Waals surface area contributed by atoms with Crippen LogP contribution in [0, 0.1) is 0 Å². The molecule has 27 heavy (non-hydrogen) atoms. The number of nitrogens with zero attached hydrogens (tertiary/aromatic N) is 3. The Bertz CT molecular complexity index is 692. The molecule has 0 unspecified atom stereocenters. The van der Waals surface area contributed by atoms with Crippen molar-refractivity contribution in [1.82, 2.24) is 20.1 Å². The van der Waals surface area contributed by atoms with Crippen LogP contribution in [0.1, 0.15) is 18.1 Å². The molecule has 146 valence electrons. The smallest absolute Gasteiger partial charge is 0.191 e. The Morgan fingerprint density at radius 3 is 2.63 bits per heavy atom. The first kappa shape index (κ1) is 19.5. The third-order valence-electron chi connectivity index (χ3n) is 4.59. The van der Waals surface area contributed by atoms with Crippen molar-refractivity contribution in [2.45, 2.75) is 26.6 Å². The molecule has 0 bridgehead atoms. The second-order valence-electron chi connectivity index (χ2n) is 6.75. The summed E-state index contributed by atoms with van der Waals surface area (Å²) >= 11 is 0. The largest absolute Gasteiger partial charge is 0.379 e. The van der Waals surface area contributed by atoms with E-state index >= 15 is 0 Å². The predicted octanol–water partition coefficient (Wildman–Crippen LogP) is 2.08. The van der Waals surface area contributed by atoms with E-state index in [0.717, 1.165) is 58.4 Å². The number of hydrogen-bond donors (Lipinski definition) is 2. The Balaban J connectivity index is 1.52. The van der Waals surface area contributed by atoms with Crippen molar-refractivity contribution in [3.63, 3.8) is 0 Å². The van der Waals surface area contributed by atoms with Gasteiger partial charge in [0.15, 0.2) is 5.96 Å². The number of aliphatic imine (C=N–C) groups is 1. The molecule has 1 aliphatic rings. The van der Waals surface area contributed by atoms with Crippen LogP contribution in [-0.2, 0) is 24.4 Å². The summed E-state index contributed by atoms with van der Waals surface area (Å²) in [6.07, 6.45) is 4.15. The lowest BCUT2D eigenvalue weighted by atomic mass is 10.1. The van der Waals surface area contributed by atoms with Crippen LogP contribution in [0.4, 0.5) is 0 Å². The molecule has 3 rings (SSSR count). The molecule has 1 fully saturated rings.